The molecule has 1 heterocycles. The molecule has 0 bridgehead atoms. The van der Waals surface area contributed by atoms with Crippen LogP contribution in [0, 0.1) is 5.41 Å². The quantitative estimate of drug-likeness (QED) is 0.0261. The monoisotopic (exact) mass is 925 g/mol. The van der Waals surface area contributed by atoms with Crippen molar-refractivity contribution in [1.82, 2.24) is 36.9 Å². The predicted molar refractivity (Wildman–Crippen MR) is 262 cm³/mol. The number of H-pyrrole nitrogens is 1. The SMILES string of the molecule is CCCCC(=O)NC1(C(=O)N[C@H](Cc2ccccc2)C(=O)N[C@@H](CCCNC(=N)N)C(=O)N[C@@H](Cc2c[nH]c3ccccc23)C(=O)NCC(N)=O)CCC(c2ccccc2)(c2ccccc2)CC1. The lowest BCUT2D eigenvalue weighted by molar-refractivity contribution is -0.138. The predicted octanol–water partition coefficient (Wildman–Crippen LogP) is 3.88. The molecule has 0 spiro atoms. The Balaban J connectivity index is 1.29. The van der Waals surface area contributed by atoms with E-state index in [1.54, 1.807) is 6.20 Å². The highest BCUT2D eigenvalue weighted by Gasteiger charge is 2.50. The molecule has 1 aromatic heterocycles. The first-order chi connectivity index (χ1) is 32.8. The number of unbranched alkanes of at least 4 members (excludes halogenated alkanes) is 1. The van der Waals surface area contributed by atoms with Crippen LogP contribution in [-0.4, -0.2) is 83.1 Å². The number of carbonyl (C=O) groups excluding carboxylic acids is 6. The molecule has 16 heteroatoms. The van der Waals surface area contributed by atoms with E-state index in [4.69, 9.17) is 16.9 Å². The fraction of sp³-hybridized carbons (Fsp3) is 0.365. The van der Waals surface area contributed by atoms with Gasteiger partial charge >= 0.3 is 0 Å². The number of para-hydroxylation sites is 1. The molecule has 5 aromatic rings. The average molecular weight is 925 g/mol. The number of benzene rings is 4. The van der Waals surface area contributed by atoms with Crippen LogP contribution in [0.5, 0.6) is 0 Å². The molecule has 1 fully saturated rings. The second-order valence-corrected chi connectivity index (χ2v) is 17.6. The van der Waals surface area contributed by atoms with Gasteiger partial charge in [0.2, 0.25) is 35.4 Å². The molecule has 4 aromatic carbocycles. The van der Waals surface area contributed by atoms with Crippen molar-refractivity contribution in [2.75, 3.05) is 13.1 Å². The van der Waals surface area contributed by atoms with E-state index in [-0.39, 0.29) is 63.4 Å². The molecular weight excluding hydrogens is 861 g/mol. The molecule has 0 saturated heterocycles. The third-order valence-corrected chi connectivity index (χ3v) is 12.9. The number of nitrogens with one attached hydrogen (secondary N) is 8. The number of aromatic amines is 1. The fourth-order valence-corrected chi connectivity index (χ4v) is 9.16. The Morgan fingerprint density at radius 1 is 0.662 bits per heavy atom. The molecular formula is C52H64N10O6. The third kappa shape index (κ3) is 13.1. The van der Waals surface area contributed by atoms with Crippen molar-refractivity contribution in [1.29, 1.82) is 5.41 Å². The second-order valence-electron chi connectivity index (χ2n) is 17.6. The molecule has 1 saturated carbocycles. The van der Waals surface area contributed by atoms with Crippen LogP contribution in [0.15, 0.2) is 121 Å². The van der Waals surface area contributed by atoms with Crippen molar-refractivity contribution in [3.8, 4) is 0 Å². The van der Waals surface area contributed by atoms with Crippen molar-refractivity contribution >= 4 is 52.3 Å². The van der Waals surface area contributed by atoms with Crippen molar-refractivity contribution in [3.05, 3.63) is 144 Å². The van der Waals surface area contributed by atoms with Gasteiger partial charge in [0, 0.05) is 48.3 Å². The van der Waals surface area contributed by atoms with Crippen molar-refractivity contribution in [2.24, 2.45) is 11.5 Å². The van der Waals surface area contributed by atoms with E-state index in [0.717, 1.165) is 39.6 Å². The molecule has 1 aliphatic rings. The Kier molecular flexibility index (Phi) is 17.5. The average Bonchev–Trinajstić information content (AvgIpc) is 3.76. The van der Waals surface area contributed by atoms with Crippen molar-refractivity contribution in [2.45, 2.75) is 107 Å². The topological polar surface area (TPSA) is 266 Å². The normalized spacial score (nSPS) is 15.1. The van der Waals surface area contributed by atoms with Gasteiger partial charge in [0.1, 0.15) is 23.7 Å². The van der Waals surface area contributed by atoms with E-state index in [9.17, 15) is 24.0 Å². The first kappa shape index (κ1) is 49.9. The van der Waals surface area contributed by atoms with E-state index in [1.165, 1.54) is 0 Å². The van der Waals surface area contributed by atoms with Crippen LogP contribution < -0.4 is 43.4 Å². The number of rotatable bonds is 23. The summed E-state index contributed by atoms with van der Waals surface area (Å²) in [6, 6.07) is 33.3. The minimum absolute atomic E-state index is 0.0293. The third-order valence-electron chi connectivity index (χ3n) is 12.9. The number of aromatic nitrogens is 1. The van der Waals surface area contributed by atoms with Crippen LogP contribution in [0.1, 0.15) is 87.0 Å². The van der Waals surface area contributed by atoms with Crippen molar-refractivity contribution < 1.29 is 28.8 Å². The Morgan fingerprint density at radius 2 is 1.24 bits per heavy atom. The first-order valence-corrected chi connectivity index (χ1v) is 23.4. The lowest BCUT2D eigenvalue weighted by Gasteiger charge is -2.47. The van der Waals surface area contributed by atoms with E-state index >= 15 is 4.79 Å². The molecule has 16 nitrogen and oxygen atoms in total. The van der Waals surface area contributed by atoms with Gasteiger partial charge in [-0.1, -0.05) is 123 Å². The van der Waals surface area contributed by atoms with Gasteiger partial charge in [0.25, 0.3) is 0 Å². The van der Waals surface area contributed by atoms with Gasteiger partial charge in [-0.05, 0) is 73.3 Å². The number of amides is 6. The van der Waals surface area contributed by atoms with Gasteiger partial charge in [0.05, 0.1) is 6.54 Å². The lowest BCUT2D eigenvalue weighted by Crippen LogP contribution is -2.65. The zero-order valence-electron chi connectivity index (χ0n) is 38.6. The molecule has 0 aliphatic heterocycles. The molecule has 1 aliphatic carbocycles. The minimum Gasteiger partial charge on any atom is -0.370 e. The fourth-order valence-electron chi connectivity index (χ4n) is 9.16. The van der Waals surface area contributed by atoms with Gasteiger partial charge in [-0.3, -0.25) is 34.2 Å². The molecule has 68 heavy (non-hydrogen) atoms. The van der Waals surface area contributed by atoms with Gasteiger partial charge in [-0.2, -0.15) is 0 Å². The van der Waals surface area contributed by atoms with E-state index in [1.807, 2.05) is 97.9 Å². The Morgan fingerprint density at radius 3 is 1.85 bits per heavy atom. The van der Waals surface area contributed by atoms with Crippen LogP contribution >= 0.6 is 0 Å². The van der Waals surface area contributed by atoms with Crippen LogP contribution in [0.25, 0.3) is 10.9 Å². The maximum atomic E-state index is 15.1. The molecule has 3 atom stereocenters. The maximum absolute atomic E-state index is 15.1. The Labute approximate surface area is 397 Å². The number of guanidine groups is 1. The van der Waals surface area contributed by atoms with Crippen LogP contribution in [0.2, 0.25) is 0 Å². The van der Waals surface area contributed by atoms with Gasteiger partial charge < -0.3 is 48.4 Å². The van der Waals surface area contributed by atoms with Crippen LogP contribution in [-0.2, 0) is 47.0 Å². The minimum atomic E-state index is -1.36. The van der Waals surface area contributed by atoms with Crippen molar-refractivity contribution in [3.63, 3.8) is 0 Å². The number of carbonyl (C=O) groups is 6. The molecule has 358 valence electrons. The number of hydrogen-bond acceptors (Lipinski definition) is 7. The number of primary amides is 1. The first-order valence-electron chi connectivity index (χ1n) is 23.4. The summed E-state index contributed by atoms with van der Waals surface area (Å²) >= 11 is 0. The van der Waals surface area contributed by atoms with Crippen LogP contribution in [0.4, 0.5) is 0 Å². The molecule has 0 radical (unpaired) electrons. The number of hydrogen-bond donors (Lipinski definition) is 10. The lowest BCUT2D eigenvalue weighted by atomic mass is 9.61. The largest absolute Gasteiger partial charge is 0.370 e. The van der Waals surface area contributed by atoms with E-state index in [2.05, 4.69) is 61.2 Å². The number of nitrogens with two attached hydrogens (primary N) is 2. The van der Waals surface area contributed by atoms with E-state index < -0.39 is 65.2 Å². The molecule has 6 amide bonds. The smallest absolute Gasteiger partial charge is 0.246 e. The summed E-state index contributed by atoms with van der Waals surface area (Å²) < 4.78 is 0. The summed E-state index contributed by atoms with van der Waals surface area (Å²) in [4.78, 5) is 86.4. The maximum Gasteiger partial charge on any atom is 0.246 e. The summed E-state index contributed by atoms with van der Waals surface area (Å²) in [5.74, 6) is -3.83. The Hall–Kier alpha value is -7.49. The second kappa shape index (κ2) is 23.8. The summed E-state index contributed by atoms with van der Waals surface area (Å²) in [5, 5.41) is 25.5. The molecule has 6 rings (SSSR count). The summed E-state index contributed by atoms with van der Waals surface area (Å²) in [6.07, 6.45) is 5.42. The van der Waals surface area contributed by atoms with Gasteiger partial charge in [0.15, 0.2) is 5.96 Å². The van der Waals surface area contributed by atoms with Gasteiger partial charge in [-0.15, -0.1) is 0 Å². The summed E-state index contributed by atoms with van der Waals surface area (Å²) in [7, 11) is 0. The molecule has 0 unspecified atom stereocenters. The van der Waals surface area contributed by atoms with Crippen LogP contribution in [0.3, 0.4) is 0 Å². The Bertz CT molecular complexity index is 2470. The summed E-state index contributed by atoms with van der Waals surface area (Å²) in [5.41, 5.74) is 13.6. The van der Waals surface area contributed by atoms with Gasteiger partial charge in [-0.25, -0.2) is 0 Å². The highest BCUT2D eigenvalue weighted by molar-refractivity contribution is 5.98. The molecule has 12 N–H and O–H groups in total. The zero-order valence-corrected chi connectivity index (χ0v) is 38.6. The summed E-state index contributed by atoms with van der Waals surface area (Å²) in [6.45, 7) is 1.73. The highest BCUT2D eigenvalue weighted by Crippen LogP contribution is 2.48. The van der Waals surface area contributed by atoms with E-state index in [0.29, 0.717) is 19.3 Å². The highest BCUT2D eigenvalue weighted by atomic mass is 16.2. The zero-order chi connectivity index (χ0) is 48.5. The number of fused-ring (bicyclic) bond motifs is 1. The standard InChI is InChI=1S/C52H64N10O6/c1-2-3-25-45(64)62-52(28-26-51(27-29-52,37-18-9-5-10-19-37)38-20-11-6-12-21-38)49(68)61-42(31-35-16-7-4-8-17-35)48(67)59-41(24-15-30-56-50(54)55)47(66)60-43(46(65)58-34-44(53)63)32-36-33-57-40-23-14-13-22-39(36)40/h4-14,16-23,33,41-43,57H,2-3,15,24-32,34H2,1H3,(H2,53,63)(H,58,65)(H,59,67)(H,60,66)(H,61,68)(H,62,64)(H4,54,55,56)/t41-,42+,43-/m0/s1.